The molecule has 106 valence electrons. The quantitative estimate of drug-likeness (QED) is 0.927. The van der Waals surface area contributed by atoms with Crippen LogP contribution in [0.2, 0.25) is 0 Å². The van der Waals surface area contributed by atoms with E-state index in [1.807, 2.05) is 24.4 Å². The monoisotopic (exact) mass is 270 g/mol. The van der Waals surface area contributed by atoms with Gasteiger partial charge < -0.3 is 10.5 Å². The van der Waals surface area contributed by atoms with E-state index < -0.39 is 0 Å². The molecule has 0 bridgehead atoms. The molecule has 1 fully saturated rings. The second-order valence-corrected chi connectivity index (χ2v) is 5.77. The molecule has 1 saturated carbocycles. The minimum absolute atomic E-state index is 0.107. The van der Waals surface area contributed by atoms with Crippen molar-refractivity contribution >= 4 is 10.9 Å². The molecule has 2 aromatic rings. The molecule has 1 unspecified atom stereocenters. The SMILES string of the molecule is COC1(C(N)c2cnc3ccccc3c2)CCCCC1. The van der Waals surface area contributed by atoms with Crippen molar-refractivity contribution in [2.75, 3.05) is 7.11 Å². The minimum atomic E-state index is -0.220. The van der Waals surface area contributed by atoms with Crippen molar-refractivity contribution in [1.82, 2.24) is 4.98 Å². The Morgan fingerprint density at radius 3 is 2.70 bits per heavy atom. The number of rotatable bonds is 3. The van der Waals surface area contributed by atoms with E-state index in [1.54, 1.807) is 7.11 Å². The number of hydrogen-bond donors (Lipinski definition) is 1. The highest BCUT2D eigenvalue weighted by atomic mass is 16.5. The summed E-state index contributed by atoms with van der Waals surface area (Å²) in [7, 11) is 1.79. The van der Waals surface area contributed by atoms with Crippen LogP contribution in [-0.2, 0) is 4.74 Å². The molecule has 1 aromatic heterocycles. The number of ether oxygens (including phenoxy) is 1. The van der Waals surface area contributed by atoms with Crippen molar-refractivity contribution in [2.45, 2.75) is 43.7 Å². The first-order valence-corrected chi connectivity index (χ1v) is 7.41. The molecule has 0 spiro atoms. The Hall–Kier alpha value is -1.45. The van der Waals surface area contributed by atoms with Gasteiger partial charge in [-0.3, -0.25) is 4.98 Å². The molecule has 0 amide bonds. The van der Waals surface area contributed by atoms with Crippen LogP contribution in [0.3, 0.4) is 0 Å². The Morgan fingerprint density at radius 1 is 1.20 bits per heavy atom. The van der Waals surface area contributed by atoms with Crippen molar-refractivity contribution in [3.05, 3.63) is 42.1 Å². The Balaban J connectivity index is 1.96. The summed E-state index contributed by atoms with van der Waals surface area (Å²) in [6.07, 6.45) is 7.66. The van der Waals surface area contributed by atoms with Crippen molar-refractivity contribution < 1.29 is 4.74 Å². The fourth-order valence-corrected chi connectivity index (χ4v) is 3.35. The summed E-state index contributed by atoms with van der Waals surface area (Å²) in [6.45, 7) is 0. The van der Waals surface area contributed by atoms with E-state index in [-0.39, 0.29) is 11.6 Å². The van der Waals surface area contributed by atoms with Crippen LogP contribution in [0.25, 0.3) is 10.9 Å². The average molecular weight is 270 g/mol. The van der Waals surface area contributed by atoms with Gasteiger partial charge in [0.1, 0.15) is 0 Å². The fourth-order valence-electron chi connectivity index (χ4n) is 3.35. The van der Waals surface area contributed by atoms with E-state index in [0.29, 0.717) is 0 Å². The molecule has 0 aliphatic heterocycles. The zero-order valence-electron chi connectivity index (χ0n) is 12.0. The second kappa shape index (κ2) is 5.51. The molecule has 0 radical (unpaired) electrons. The van der Waals surface area contributed by atoms with Crippen LogP contribution in [0.4, 0.5) is 0 Å². The highest BCUT2D eigenvalue weighted by Gasteiger charge is 2.39. The van der Waals surface area contributed by atoms with Gasteiger partial charge in [0.25, 0.3) is 0 Å². The molecular formula is C17H22N2O. The maximum atomic E-state index is 6.54. The summed E-state index contributed by atoms with van der Waals surface area (Å²) >= 11 is 0. The lowest BCUT2D eigenvalue weighted by molar-refractivity contribution is -0.0595. The molecule has 1 heterocycles. The number of nitrogens with two attached hydrogens (primary N) is 1. The molecule has 1 atom stereocenters. The summed E-state index contributed by atoms with van der Waals surface area (Å²) in [4.78, 5) is 4.53. The molecule has 3 heteroatoms. The van der Waals surface area contributed by atoms with Gasteiger partial charge in [-0.25, -0.2) is 0 Å². The normalized spacial score (nSPS) is 19.9. The third-order valence-corrected chi connectivity index (χ3v) is 4.64. The van der Waals surface area contributed by atoms with Crippen LogP contribution in [-0.4, -0.2) is 17.7 Å². The first kappa shape index (κ1) is 13.5. The average Bonchev–Trinajstić information content (AvgIpc) is 2.54. The Morgan fingerprint density at radius 2 is 1.95 bits per heavy atom. The van der Waals surface area contributed by atoms with E-state index in [1.165, 1.54) is 19.3 Å². The Labute approximate surface area is 120 Å². The molecule has 1 aliphatic carbocycles. The number of fused-ring (bicyclic) bond motifs is 1. The van der Waals surface area contributed by atoms with E-state index >= 15 is 0 Å². The van der Waals surface area contributed by atoms with E-state index in [9.17, 15) is 0 Å². The molecule has 1 aromatic carbocycles. The van der Waals surface area contributed by atoms with E-state index in [2.05, 4.69) is 17.1 Å². The molecule has 0 saturated heterocycles. The number of nitrogens with zero attached hydrogens (tertiary/aromatic N) is 1. The van der Waals surface area contributed by atoms with Crippen LogP contribution in [0.5, 0.6) is 0 Å². The van der Waals surface area contributed by atoms with Gasteiger partial charge in [0.15, 0.2) is 0 Å². The number of hydrogen-bond acceptors (Lipinski definition) is 3. The molecule has 3 rings (SSSR count). The zero-order valence-corrected chi connectivity index (χ0v) is 12.0. The predicted molar refractivity (Wildman–Crippen MR) is 81.5 cm³/mol. The van der Waals surface area contributed by atoms with Crippen LogP contribution >= 0.6 is 0 Å². The third-order valence-electron chi connectivity index (χ3n) is 4.64. The van der Waals surface area contributed by atoms with Crippen LogP contribution in [0.15, 0.2) is 36.5 Å². The topological polar surface area (TPSA) is 48.1 Å². The van der Waals surface area contributed by atoms with Gasteiger partial charge >= 0.3 is 0 Å². The first-order chi connectivity index (χ1) is 9.75. The van der Waals surface area contributed by atoms with Gasteiger partial charge in [0.2, 0.25) is 0 Å². The summed E-state index contributed by atoms with van der Waals surface area (Å²) in [5.74, 6) is 0. The van der Waals surface area contributed by atoms with Gasteiger partial charge in [0, 0.05) is 18.7 Å². The third kappa shape index (κ3) is 2.32. The largest absolute Gasteiger partial charge is 0.376 e. The van der Waals surface area contributed by atoms with Crippen molar-refractivity contribution in [1.29, 1.82) is 0 Å². The summed E-state index contributed by atoms with van der Waals surface area (Å²) in [5, 5.41) is 1.14. The van der Waals surface area contributed by atoms with Crippen molar-refractivity contribution in [3.8, 4) is 0 Å². The number of benzene rings is 1. The lowest BCUT2D eigenvalue weighted by Crippen LogP contribution is -2.44. The maximum Gasteiger partial charge on any atom is 0.0871 e. The van der Waals surface area contributed by atoms with Gasteiger partial charge in [-0.15, -0.1) is 0 Å². The van der Waals surface area contributed by atoms with Crippen LogP contribution < -0.4 is 5.73 Å². The van der Waals surface area contributed by atoms with Gasteiger partial charge in [-0.1, -0.05) is 37.5 Å². The summed E-state index contributed by atoms with van der Waals surface area (Å²) < 4.78 is 5.85. The number of aromatic nitrogens is 1. The maximum absolute atomic E-state index is 6.54. The summed E-state index contributed by atoms with van der Waals surface area (Å²) in [5.41, 5.74) is 8.41. The highest BCUT2D eigenvalue weighted by molar-refractivity contribution is 5.78. The van der Waals surface area contributed by atoms with Crippen molar-refractivity contribution in [3.63, 3.8) is 0 Å². The van der Waals surface area contributed by atoms with Gasteiger partial charge in [-0.05, 0) is 30.5 Å². The molecule has 2 N–H and O–H groups in total. The molecule has 3 nitrogen and oxygen atoms in total. The summed E-state index contributed by atoms with van der Waals surface area (Å²) in [6, 6.07) is 10.2. The van der Waals surface area contributed by atoms with Crippen molar-refractivity contribution in [2.24, 2.45) is 5.73 Å². The standard InChI is InChI=1S/C17H22N2O/c1-20-17(9-5-2-6-10-17)16(18)14-11-13-7-3-4-8-15(13)19-12-14/h3-4,7-8,11-12,16H,2,5-6,9-10,18H2,1H3. The van der Waals surface area contributed by atoms with E-state index in [4.69, 9.17) is 10.5 Å². The van der Waals surface area contributed by atoms with Gasteiger partial charge in [-0.2, -0.15) is 0 Å². The zero-order chi connectivity index (χ0) is 14.0. The number of methoxy groups -OCH3 is 1. The van der Waals surface area contributed by atoms with E-state index in [0.717, 1.165) is 29.3 Å². The first-order valence-electron chi connectivity index (χ1n) is 7.41. The van der Waals surface area contributed by atoms with Crippen LogP contribution in [0.1, 0.15) is 43.7 Å². The fraction of sp³-hybridized carbons (Fsp3) is 0.471. The second-order valence-electron chi connectivity index (χ2n) is 5.77. The molecule has 20 heavy (non-hydrogen) atoms. The minimum Gasteiger partial charge on any atom is -0.376 e. The number of pyridine rings is 1. The molecule has 1 aliphatic rings. The Kier molecular flexibility index (Phi) is 3.72. The van der Waals surface area contributed by atoms with Gasteiger partial charge in [0.05, 0.1) is 17.2 Å². The smallest absolute Gasteiger partial charge is 0.0871 e. The number of para-hydroxylation sites is 1. The lowest BCUT2D eigenvalue weighted by Gasteiger charge is -2.40. The lowest BCUT2D eigenvalue weighted by atomic mass is 9.77. The van der Waals surface area contributed by atoms with Crippen LogP contribution in [0, 0.1) is 0 Å². The highest BCUT2D eigenvalue weighted by Crippen LogP contribution is 2.40. The predicted octanol–water partition coefficient (Wildman–Crippen LogP) is 3.58. The Bertz CT molecular complexity index is 590. The molecular weight excluding hydrogens is 248 g/mol.